The highest BCUT2D eigenvalue weighted by Crippen LogP contribution is 2.27. The van der Waals surface area contributed by atoms with Gasteiger partial charge in [-0.2, -0.15) is 5.10 Å². The van der Waals surface area contributed by atoms with Crippen molar-refractivity contribution in [2.24, 2.45) is 5.92 Å². The predicted molar refractivity (Wildman–Crippen MR) is 87.8 cm³/mol. The number of anilines is 1. The van der Waals surface area contributed by atoms with Crippen molar-refractivity contribution in [1.29, 1.82) is 0 Å². The van der Waals surface area contributed by atoms with Gasteiger partial charge in [-0.25, -0.2) is 0 Å². The molecule has 5 nitrogen and oxygen atoms in total. The van der Waals surface area contributed by atoms with Crippen LogP contribution in [-0.2, 0) is 17.6 Å². The van der Waals surface area contributed by atoms with E-state index < -0.39 is 0 Å². The maximum atomic E-state index is 12.4. The molecule has 2 N–H and O–H groups in total. The smallest absolute Gasteiger partial charge is 0.229 e. The second-order valence-electron chi connectivity index (χ2n) is 5.74. The van der Waals surface area contributed by atoms with E-state index in [0.717, 1.165) is 24.2 Å². The van der Waals surface area contributed by atoms with Crippen LogP contribution in [0.2, 0.25) is 0 Å². The van der Waals surface area contributed by atoms with E-state index in [4.69, 9.17) is 0 Å². The summed E-state index contributed by atoms with van der Waals surface area (Å²) < 4.78 is 0. The topological polar surface area (TPSA) is 70.7 Å². The molecule has 4 rings (SSSR count). The number of nitrogens with zero attached hydrogens (tertiary/aromatic N) is 2. The lowest BCUT2D eigenvalue weighted by Gasteiger charge is -2.07. The number of amides is 1. The first kappa shape index (κ1) is 13.7. The van der Waals surface area contributed by atoms with Crippen molar-refractivity contribution in [3.8, 4) is 11.4 Å². The van der Waals surface area contributed by atoms with E-state index in [2.05, 4.69) is 32.6 Å². The number of aromatic amines is 1. The summed E-state index contributed by atoms with van der Waals surface area (Å²) in [4.78, 5) is 16.7. The number of hydrogen-bond donors (Lipinski definition) is 2. The minimum absolute atomic E-state index is 0.0141. The number of pyridine rings is 1. The Morgan fingerprint density at radius 3 is 2.52 bits per heavy atom. The van der Waals surface area contributed by atoms with Crippen LogP contribution in [0.5, 0.6) is 0 Å². The largest absolute Gasteiger partial charge is 0.309 e. The predicted octanol–water partition coefficient (Wildman–Crippen LogP) is 2.83. The number of rotatable bonds is 3. The first-order valence-electron chi connectivity index (χ1n) is 7.64. The fourth-order valence-electron chi connectivity index (χ4n) is 3.01. The lowest BCUT2D eigenvalue weighted by atomic mass is 10.1. The summed E-state index contributed by atoms with van der Waals surface area (Å²) >= 11 is 0. The van der Waals surface area contributed by atoms with Crippen LogP contribution in [0.3, 0.4) is 0 Å². The van der Waals surface area contributed by atoms with Crippen molar-refractivity contribution >= 4 is 11.7 Å². The zero-order chi connectivity index (χ0) is 15.6. The molecule has 0 spiro atoms. The Kier molecular flexibility index (Phi) is 3.38. The van der Waals surface area contributed by atoms with Crippen LogP contribution < -0.4 is 5.32 Å². The van der Waals surface area contributed by atoms with E-state index in [-0.39, 0.29) is 11.8 Å². The van der Waals surface area contributed by atoms with Gasteiger partial charge >= 0.3 is 0 Å². The van der Waals surface area contributed by atoms with Gasteiger partial charge in [0.1, 0.15) is 0 Å². The monoisotopic (exact) mass is 304 g/mol. The molecule has 5 heteroatoms. The molecule has 2 heterocycles. The number of benzene rings is 1. The van der Waals surface area contributed by atoms with Gasteiger partial charge in [0, 0.05) is 18.2 Å². The van der Waals surface area contributed by atoms with Gasteiger partial charge in [-0.3, -0.25) is 14.9 Å². The minimum Gasteiger partial charge on any atom is -0.309 e. The zero-order valence-electron chi connectivity index (χ0n) is 12.5. The van der Waals surface area contributed by atoms with Crippen LogP contribution >= 0.6 is 0 Å². The molecule has 0 saturated heterocycles. The van der Waals surface area contributed by atoms with Crippen molar-refractivity contribution < 1.29 is 4.79 Å². The number of aromatic nitrogens is 3. The van der Waals surface area contributed by atoms with E-state index >= 15 is 0 Å². The highest BCUT2D eigenvalue weighted by Gasteiger charge is 2.27. The average molecular weight is 304 g/mol. The standard InChI is InChI=1S/C18H16N4O/c23-18(14-9-12-5-1-2-6-13(12)10-14)20-17-11-16(21-22-17)15-7-3-4-8-19-15/h1-8,11,14H,9-10H2,(H2,20,21,22,23). The van der Waals surface area contributed by atoms with E-state index in [1.54, 1.807) is 6.20 Å². The van der Waals surface area contributed by atoms with E-state index in [1.807, 2.05) is 36.4 Å². The molecule has 1 aliphatic rings. The third-order valence-electron chi connectivity index (χ3n) is 4.19. The maximum absolute atomic E-state index is 12.4. The summed E-state index contributed by atoms with van der Waals surface area (Å²) in [5.74, 6) is 0.522. The molecule has 0 aliphatic heterocycles. The van der Waals surface area contributed by atoms with Crippen molar-refractivity contribution in [2.75, 3.05) is 5.32 Å². The number of carbonyl (C=O) groups excluding carboxylic acids is 1. The van der Waals surface area contributed by atoms with E-state index in [0.29, 0.717) is 5.82 Å². The number of hydrogen-bond acceptors (Lipinski definition) is 3. The number of fused-ring (bicyclic) bond motifs is 1. The Morgan fingerprint density at radius 2 is 1.83 bits per heavy atom. The lowest BCUT2D eigenvalue weighted by Crippen LogP contribution is -2.23. The quantitative estimate of drug-likeness (QED) is 0.781. The molecule has 0 radical (unpaired) electrons. The van der Waals surface area contributed by atoms with E-state index in [9.17, 15) is 4.79 Å². The summed E-state index contributed by atoms with van der Waals surface area (Å²) in [5.41, 5.74) is 4.12. The van der Waals surface area contributed by atoms with Crippen molar-refractivity contribution in [2.45, 2.75) is 12.8 Å². The van der Waals surface area contributed by atoms with E-state index in [1.165, 1.54) is 11.1 Å². The lowest BCUT2D eigenvalue weighted by molar-refractivity contribution is -0.119. The second-order valence-corrected chi connectivity index (χ2v) is 5.74. The molecule has 114 valence electrons. The minimum atomic E-state index is -0.0256. The highest BCUT2D eigenvalue weighted by molar-refractivity contribution is 5.93. The average Bonchev–Trinajstić information content (AvgIpc) is 3.22. The molecule has 0 saturated carbocycles. The Bertz CT molecular complexity index is 816. The molecule has 1 aromatic carbocycles. The van der Waals surface area contributed by atoms with Gasteiger partial charge in [0.15, 0.2) is 5.82 Å². The zero-order valence-corrected chi connectivity index (χ0v) is 12.5. The van der Waals surface area contributed by atoms with Gasteiger partial charge < -0.3 is 5.32 Å². The molecule has 0 fully saturated rings. The van der Waals surface area contributed by atoms with Gasteiger partial charge in [-0.05, 0) is 36.1 Å². The molecule has 0 bridgehead atoms. The van der Waals surface area contributed by atoms with Crippen LogP contribution in [0.15, 0.2) is 54.7 Å². The molecule has 0 unspecified atom stereocenters. The Hall–Kier alpha value is -2.95. The third kappa shape index (κ3) is 2.73. The summed E-state index contributed by atoms with van der Waals surface area (Å²) in [7, 11) is 0. The number of carbonyl (C=O) groups is 1. The molecular weight excluding hydrogens is 288 g/mol. The van der Waals surface area contributed by atoms with Crippen LogP contribution in [-0.4, -0.2) is 21.1 Å². The molecule has 23 heavy (non-hydrogen) atoms. The van der Waals surface area contributed by atoms with Crippen molar-refractivity contribution in [1.82, 2.24) is 15.2 Å². The van der Waals surface area contributed by atoms with Crippen molar-refractivity contribution in [3.05, 3.63) is 65.9 Å². The highest BCUT2D eigenvalue weighted by atomic mass is 16.2. The number of nitrogens with one attached hydrogen (secondary N) is 2. The third-order valence-corrected chi connectivity index (χ3v) is 4.19. The Morgan fingerprint density at radius 1 is 1.09 bits per heavy atom. The molecule has 1 aliphatic carbocycles. The molecule has 1 amide bonds. The molecule has 2 aromatic heterocycles. The van der Waals surface area contributed by atoms with Crippen LogP contribution in [0.1, 0.15) is 11.1 Å². The fraction of sp³-hybridized carbons (Fsp3) is 0.167. The van der Waals surface area contributed by atoms with Gasteiger partial charge in [0.05, 0.1) is 11.4 Å². The summed E-state index contributed by atoms with van der Waals surface area (Å²) in [6, 6.07) is 15.7. The van der Waals surface area contributed by atoms with Gasteiger partial charge in [0.25, 0.3) is 0 Å². The normalized spacial score (nSPS) is 13.7. The van der Waals surface area contributed by atoms with Gasteiger partial charge in [-0.15, -0.1) is 0 Å². The summed E-state index contributed by atoms with van der Waals surface area (Å²) in [5, 5.41) is 9.96. The first-order chi connectivity index (χ1) is 11.3. The fourth-order valence-corrected chi connectivity index (χ4v) is 3.01. The summed E-state index contributed by atoms with van der Waals surface area (Å²) in [6.07, 6.45) is 3.31. The summed E-state index contributed by atoms with van der Waals surface area (Å²) in [6.45, 7) is 0. The van der Waals surface area contributed by atoms with Gasteiger partial charge in [-0.1, -0.05) is 30.3 Å². The maximum Gasteiger partial charge on any atom is 0.229 e. The van der Waals surface area contributed by atoms with Crippen molar-refractivity contribution in [3.63, 3.8) is 0 Å². The van der Waals surface area contributed by atoms with Crippen LogP contribution in [0.4, 0.5) is 5.82 Å². The number of H-pyrrole nitrogens is 1. The van der Waals surface area contributed by atoms with Gasteiger partial charge in [0.2, 0.25) is 5.91 Å². The van der Waals surface area contributed by atoms with Crippen LogP contribution in [0, 0.1) is 5.92 Å². The SMILES string of the molecule is O=C(Nc1cc(-c2ccccn2)[nH]n1)C1Cc2ccccc2C1. The van der Waals surface area contributed by atoms with Crippen LogP contribution in [0.25, 0.3) is 11.4 Å². The molecule has 0 atom stereocenters. The first-order valence-corrected chi connectivity index (χ1v) is 7.64. The molecule has 3 aromatic rings. The Balaban J connectivity index is 1.45. The Labute approximate surface area is 133 Å². The molecular formula is C18H16N4O. The second kappa shape index (κ2) is 5.68.